The number of benzene rings is 1. The van der Waals surface area contributed by atoms with Crippen LogP contribution in [0.5, 0.6) is 0 Å². The van der Waals surface area contributed by atoms with Crippen molar-refractivity contribution in [3.63, 3.8) is 0 Å². The van der Waals surface area contributed by atoms with Gasteiger partial charge in [-0.2, -0.15) is 0 Å². The Hall–Kier alpha value is -1.97. The van der Waals surface area contributed by atoms with E-state index in [1.54, 1.807) is 4.90 Å². The Morgan fingerprint density at radius 2 is 2.05 bits per heavy atom. The van der Waals surface area contributed by atoms with E-state index in [1.807, 2.05) is 12.1 Å². The SMILES string of the molecule is CC(C)(C)C1c2c([nH]c3ccccc23)CCN1C(=O)O. The summed E-state index contributed by atoms with van der Waals surface area (Å²) in [5.74, 6) is 0. The summed E-state index contributed by atoms with van der Waals surface area (Å²) < 4.78 is 0. The molecular formula is C16H20N2O2. The zero-order chi connectivity index (χ0) is 14.5. The lowest BCUT2D eigenvalue weighted by molar-refractivity contribution is 0.0764. The number of hydrogen-bond donors (Lipinski definition) is 2. The minimum absolute atomic E-state index is 0.111. The third-order valence-corrected chi connectivity index (χ3v) is 4.08. The van der Waals surface area contributed by atoms with Crippen molar-refractivity contribution >= 4 is 17.0 Å². The Bertz CT molecular complexity index is 667. The van der Waals surface area contributed by atoms with E-state index in [2.05, 4.69) is 37.9 Å². The number of amides is 1. The number of rotatable bonds is 0. The summed E-state index contributed by atoms with van der Waals surface area (Å²) in [5.41, 5.74) is 3.29. The average molecular weight is 272 g/mol. The summed E-state index contributed by atoms with van der Waals surface area (Å²) >= 11 is 0. The van der Waals surface area contributed by atoms with Crippen LogP contribution >= 0.6 is 0 Å². The van der Waals surface area contributed by atoms with E-state index in [9.17, 15) is 9.90 Å². The molecule has 0 saturated carbocycles. The van der Waals surface area contributed by atoms with Crippen molar-refractivity contribution in [2.45, 2.75) is 33.2 Å². The smallest absolute Gasteiger partial charge is 0.407 e. The Balaban J connectivity index is 2.25. The van der Waals surface area contributed by atoms with Crippen LogP contribution < -0.4 is 0 Å². The summed E-state index contributed by atoms with van der Waals surface area (Å²) in [7, 11) is 0. The van der Waals surface area contributed by atoms with Crippen LogP contribution in [0.1, 0.15) is 38.1 Å². The molecule has 4 heteroatoms. The number of carboxylic acid groups (broad SMARTS) is 1. The number of nitrogens with zero attached hydrogens (tertiary/aromatic N) is 1. The van der Waals surface area contributed by atoms with Gasteiger partial charge in [-0.25, -0.2) is 4.79 Å². The number of H-pyrrole nitrogens is 1. The number of aromatic amines is 1. The van der Waals surface area contributed by atoms with Gasteiger partial charge in [-0.3, -0.25) is 0 Å². The fraction of sp³-hybridized carbons (Fsp3) is 0.438. The normalized spacial score (nSPS) is 19.1. The quantitative estimate of drug-likeness (QED) is 0.766. The molecule has 1 aliphatic heterocycles. The molecule has 0 radical (unpaired) electrons. The molecule has 1 atom stereocenters. The minimum atomic E-state index is -0.833. The van der Waals surface area contributed by atoms with Crippen LogP contribution in [0.25, 0.3) is 10.9 Å². The predicted octanol–water partition coefficient (Wildman–Crippen LogP) is 3.79. The van der Waals surface area contributed by atoms with Crippen molar-refractivity contribution in [1.29, 1.82) is 0 Å². The first-order valence-corrected chi connectivity index (χ1v) is 6.98. The molecule has 1 aliphatic rings. The van der Waals surface area contributed by atoms with Crippen LogP contribution in [0.3, 0.4) is 0 Å². The fourth-order valence-electron chi connectivity index (χ4n) is 3.35. The highest BCUT2D eigenvalue weighted by atomic mass is 16.4. The molecule has 0 aliphatic carbocycles. The van der Waals surface area contributed by atoms with Gasteiger partial charge in [-0.15, -0.1) is 0 Å². The Morgan fingerprint density at radius 3 is 2.70 bits per heavy atom. The summed E-state index contributed by atoms with van der Waals surface area (Å²) in [6.45, 7) is 6.86. The standard InChI is InChI=1S/C16H20N2O2/c1-16(2,3)14-13-10-6-4-5-7-11(10)17-12(13)8-9-18(14)15(19)20/h4-7,14,17H,8-9H2,1-3H3,(H,19,20). The topological polar surface area (TPSA) is 56.3 Å². The molecule has 1 amide bonds. The molecule has 0 spiro atoms. The van der Waals surface area contributed by atoms with Crippen LogP contribution in [-0.2, 0) is 6.42 Å². The predicted molar refractivity (Wildman–Crippen MR) is 78.9 cm³/mol. The van der Waals surface area contributed by atoms with E-state index in [0.29, 0.717) is 6.54 Å². The molecule has 106 valence electrons. The summed E-state index contributed by atoms with van der Waals surface area (Å²) in [4.78, 5) is 16.6. The molecule has 2 heterocycles. The lowest BCUT2D eigenvalue weighted by atomic mass is 9.78. The molecule has 1 aromatic heterocycles. The third-order valence-electron chi connectivity index (χ3n) is 4.08. The van der Waals surface area contributed by atoms with Crippen LogP contribution in [0, 0.1) is 5.41 Å². The first-order valence-electron chi connectivity index (χ1n) is 6.98. The third kappa shape index (κ3) is 1.87. The maximum Gasteiger partial charge on any atom is 0.407 e. The summed E-state index contributed by atoms with van der Waals surface area (Å²) in [6.07, 6.45) is -0.0797. The summed E-state index contributed by atoms with van der Waals surface area (Å²) in [6, 6.07) is 8.04. The Labute approximate surface area is 118 Å². The fourth-order valence-corrected chi connectivity index (χ4v) is 3.35. The van der Waals surface area contributed by atoms with Gasteiger partial charge in [0, 0.05) is 35.1 Å². The molecule has 20 heavy (non-hydrogen) atoms. The lowest BCUT2D eigenvalue weighted by Crippen LogP contribution is -2.44. The molecule has 2 aromatic rings. The number of para-hydroxylation sites is 1. The zero-order valence-electron chi connectivity index (χ0n) is 12.1. The van der Waals surface area contributed by atoms with E-state index in [1.165, 1.54) is 5.69 Å². The van der Waals surface area contributed by atoms with Gasteiger partial charge in [0.15, 0.2) is 0 Å². The highest BCUT2D eigenvalue weighted by Gasteiger charge is 2.40. The highest BCUT2D eigenvalue weighted by molar-refractivity contribution is 5.86. The van der Waals surface area contributed by atoms with Crippen LogP contribution in [-0.4, -0.2) is 27.6 Å². The van der Waals surface area contributed by atoms with E-state index < -0.39 is 6.09 Å². The second-order valence-electron chi connectivity index (χ2n) is 6.56. The average Bonchev–Trinajstić information content (AvgIpc) is 2.74. The maximum absolute atomic E-state index is 11.6. The van der Waals surface area contributed by atoms with Gasteiger partial charge in [0.2, 0.25) is 0 Å². The molecule has 0 bridgehead atoms. The Morgan fingerprint density at radius 1 is 1.35 bits per heavy atom. The van der Waals surface area contributed by atoms with Gasteiger partial charge >= 0.3 is 6.09 Å². The number of nitrogens with one attached hydrogen (secondary N) is 1. The van der Waals surface area contributed by atoms with Crippen molar-refractivity contribution in [3.8, 4) is 0 Å². The summed E-state index contributed by atoms with van der Waals surface area (Å²) in [5, 5.41) is 10.7. The van der Waals surface area contributed by atoms with E-state index >= 15 is 0 Å². The monoisotopic (exact) mass is 272 g/mol. The number of hydrogen-bond acceptors (Lipinski definition) is 1. The van der Waals surface area contributed by atoms with Gasteiger partial charge in [0.05, 0.1) is 6.04 Å². The number of fused-ring (bicyclic) bond motifs is 3. The molecular weight excluding hydrogens is 252 g/mol. The zero-order valence-corrected chi connectivity index (χ0v) is 12.1. The Kier molecular flexibility index (Phi) is 2.78. The van der Waals surface area contributed by atoms with Crippen molar-refractivity contribution in [2.24, 2.45) is 5.41 Å². The van der Waals surface area contributed by atoms with Crippen molar-refractivity contribution in [3.05, 3.63) is 35.5 Å². The molecule has 3 rings (SSSR count). The molecule has 0 saturated heterocycles. The van der Waals surface area contributed by atoms with Crippen LogP contribution in [0.4, 0.5) is 4.79 Å². The van der Waals surface area contributed by atoms with Crippen LogP contribution in [0.15, 0.2) is 24.3 Å². The highest BCUT2D eigenvalue weighted by Crippen LogP contribution is 2.45. The largest absolute Gasteiger partial charge is 0.465 e. The first-order chi connectivity index (χ1) is 9.39. The maximum atomic E-state index is 11.6. The van der Waals surface area contributed by atoms with Crippen molar-refractivity contribution in [2.75, 3.05) is 6.54 Å². The van der Waals surface area contributed by atoms with E-state index in [0.717, 1.165) is 22.9 Å². The van der Waals surface area contributed by atoms with Crippen LogP contribution in [0.2, 0.25) is 0 Å². The number of carbonyl (C=O) groups is 1. The molecule has 0 fully saturated rings. The lowest BCUT2D eigenvalue weighted by Gasteiger charge is -2.42. The van der Waals surface area contributed by atoms with Gasteiger partial charge in [-0.05, 0) is 11.5 Å². The minimum Gasteiger partial charge on any atom is -0.465 e. The van der Waals surface area contributed by atoms with Crippen molar-refractivity contribution in [1.82, 2.24) is 9.88 Å². The first kappa shape index (κ1) is 13.0. The number of aromatic nitrogens is 1. The van der Waals surface area contributed by atoms with Gasteiger partial charge in [-0.1, -0.05) is 39.0 Å². The molecule has 1 aromatic carbocycles. The van der Waals surface area contributed by atoms with Gasteiger partial charge in [0.1, 0.15) is 0 Å². The second-order valence-corrected chi connectivity index (χ2v) is 6.56. The molecule has 2 N–H and O–H groups in total. The van der Waals surface area contributed by atoms with Crippen molar-refractivity contribution < 1.29 is 9.90 Å². The van der Waals surface area contributed by atoms with Gasteiger partial charge < -0.3 is 15.0 Å². The second kappa shape index (κ2) is 4.27. The van der Waals surface area contributed by atoms with Gasteiger partial charge in [0.25, 0.3) is 0 Å². The van der Waals surface area contributed by atoms with E-state index in [4.69, 9.17) is 0 Å². The van der Waals surface area contributed by atoms with E-state index in [-0.39, 0.29) is 11.5 Å². The molecule has 4 nitrogen and oxygen atoms in total. The molecule has 1 unspecified atom stereocenters.